The Balaban J connectivity index is 1.68. The molecule has 1 amide bonds. The van der Waals surface area contributed by atoms with Gasteiger partial charge in [0.25, 0.3) is 15.9 Å². The Hall–Kier alpha value is -3.66. The van der Waals surface area contributed by atoms with Crippen LogP contribution in [-0.2, 0) is 24.8 Å². The van der Waals surface area contributed by atoms with Crippen molar-refractivity contribution in [2.75, 3.05) is 49.1 Å². The summed E-state index contributed by atoms with van der Waals surface area (Å²) in [6.45, 7) is 0.685. The molecule has 3 aromatic carbocycles. The third-order valence-electron chi connectivity index (χ3n) is 6.21. The number of carbonyl (C=O) groups excluding carboxylic acids is 1. The third-order valence-corrected chi connectivity index (χ3v) is 10.0. The Kier molecular flexibility index (Phi) is 9.45. The van der Waals surface area contributed by atoms with E-state index in [2.05, 4.69) is 5.32 Å². The number of hydrogen-bond acceptors (Lipinski definition) is 7. The van der Waals surface area contributed by atoms with Gasteiger partial charge >= 0.3 is 6.18 Å². The van der Waals surface area contributed by atoms with E-state index in [1.165, 1.54) is 22.5 Å². The summed E-state index contributed by atoms with van der Waals surface area (Å²) in [6, 6.07) is 16.4. The quantitative estimate of drug-likeness (QED) is 0.359. The molecular weight excluding hydrogens is 599 g/mol. The first-order valence-corrected chi connectivity index (χ1v) is 15.6. The lowest BCUT2D eigenvalue weighted by Gasteiger charge is -2.26. The van der Waals surface area contributed by atoms with Gasteiger partial charge in [-0.1, -0.05) is 24.3 Å². The van der Waals surface area contributed by atoms with Crippen molar-refractivity contribution in [1.82, 2.24) is 4.31 Å². The van der Waals surface area contributed by atoms with Gasteiger partial charge in [0.05, 0.1) is 34.4 Å². The van der Waals surface area contributed by atoms with Gasteiger partial charge in [-0.2, -0.15) is 17.5 Å². The molecule has 0 aliphatic carbocycles. The van der Waals surface area contributed by atoms with E-state index < -0.39 is 44.5 Å². The van der Waals surface area contributed by atoms with Crippen LogP contribution in [-0.4, -0.2) is 72.7 Å². The molecule has 0 spiro atoms. The molecule has 0 aromatic heterocycles. The van der Waals surface area contributed by atoms with Crippen LogP contribution in [0.2, 0.25) is 0 Å². The van der Waals surface area contributed by atoms with Crippen LogP contribution in [0.1, 0.15) is 17.3 Å². The Bertz CT molecular complexity index is 1630. The summed E-state index contributed by atoms with van der Waals surface area (Å²) in [5.74, 6) is -1.32. The Morgan fingerprint density at radius 3 is 2.29 bits per heavy atom. The maximum Gasteiger partial charge on any atom is 0.422 e. The zero-order valence-electron chi connectivity index (χ0n) is 22.4. The monoisotopic (exact) mass is 627 g/mol. The van der Waals surface area contributed by atoms with Crippen LogP contribution in [0.5, 0.6) is 5.75 Å². The lowest BCUT2D eigenvalue weighted by Crippen LogP contribution is -2.40. The highest BCUT2D eigenvalue weighted by Gasteiger charge is 2.31. The lowest BCUT2D eigenvalue weighted by molar-refractivity contribution is -0.153. The molecule has 1 aliphatic heterocycles. The molecule has 3 aromatic rings. The predicted octanol–water partition coefficient (Wildman–Crippen LogP) is 4.12. The van der Waals surface area contributed by atoms with Crippen LogP contribution in [0, 0.1) is 0 Å². The van der Waals surface area contributed by atoms with E-state index in [1.807, 2.05) is 0 Å². The van der Waals surface area contributed by atoms with Gasteiger partial charge in [0.2, 0.25) is 10.0 Å². The zero-order chi connectivity index (χ0) is 30.5. The Morgan fingerprint density at radius 1 is 0.952 bits per heavy atom. The van der Waals surface area contributed by atoms with E-state index in [4.69, 9.17) is 9.47 Å². The first-order chi connectivity index (χ1) is 19.8. The predicted molar refractivity (Wildman–Crippen MR) is 149 cm³/mol. The number of nitrogens with one attached hydrogen (secondary N) is 1. The zero-order valence-corrected chi connectivity index (χ0v) is 24.0. The molecule has 4 rings (SSSR count). The molecule has 1 saturated heterocycles. The van der Waals surface area contributed by atoms with Gasteiger partial charge in [0, 0.05) is 25.2 Å². The minimum absolute atomic E-state index is 0.0464. The summed E-state index contributed by atoms with van der Waals surface area (Å²) < 4.78 is 104. The Labute approximate surface area is 241 Å². The molecule has 10 nitrogen and oxygen atoms in total. The summed E-state index contributed by atoms with van der Waals surface area (Å²) >= 11 is 0. The van der Waals surface area contributed by atoms with Gasteiger partial charge < -0.3 is 14.8 Å². The first-order valence-electron chi connectivity index (χ1n) is 12.7. The second-order valence-corrected chi connectivity index (χ2v) is 12.9. The third kappa shape index (κ3) is 7.21. The van der Waals surface area contributed by atoms with E-state index in [-0.39, 0.29) is 53.9 Å². The largest absolute Gasteiger partial charge is 0.482 e. The van der Waals surface area contributed by atoms with Gasteiger partial charge in [-0.15, -0.1) is 0 Å². The van der Waals surface area contributed by atoms with E-state index in [0.717, 1.165) is 28.6 Å². The van der Waals surface area contributed by atoms with Gasteiger partial charge in [0.15, 0.2) is 6.61 Å². The molecule has 1 N–H and O–H groups in total. The standard InChI is InChI=1S/C27H28F3N3O7S2/c1-2-33(21-8-4-3-5-9-21)42(37,38)23-11-12-25(40-19-27(28,29)30)24(18-23)31-26(34)20-7-6-10-22(17-20)41(35,36)32-13-15-39-16-14-32/h3-12,17-18H,2,13-16,19H2,1H3,(H,31,34). The number of carbonyl (C=O) groups is 1. The maximum absolute atomic E-state index is 13.5. The van der Waals surface area contributed by atoms with Crippen LogP contribution in [0.15, 0.2) is 82.6 Å². The summed E-state index contributed by atoms with van der Waals surface area (Å²) in [6.07, 6.45) is -4.71. The molecule has 0 bridgehead atoms. The number of sulfonamides is 2. The highest BCUT2D eigenvalue weighted by molar-refractivity contribution is 7.92. The summed E-state index contributed by atoms with van der Waals surface area (Å²) in [4.78, 5) is 12.7. The molecule has 15 heteroatoms. The molecular formula is C27H28F3N3O7S2. The van der Waals surface area contributed by atoms with Gasteiger partial charge in [-0.25, -0.2) is 16.8 Å². The van der Waals surface area contributed by atoms with E-state index >= 15 is 0 Å². The maximum atomic E-state index is 13.5. The number of benzene rings is 3. The number of alkyl halides is 3. The highest BCUT2D eigenvalue weighted by atomic mass is 32.2. The van der Waals surface area contributed by atoms with Crippen molar-refractivity contribution in [3.05, 3.63) is 78.4 Å². The number of hydrogen-bond donors (Lipinski definition) is 1. The van der Waals surface area contributed by atoms with Gasteiger partial charge in [-0.05, 0) is 55.5 Å². The topological polar surface area (TPSA) is 122 Å². The van der Waals surface area contributed by atoms with Crippen molar-refractivity contribution in [3.8, 4) is 5.75 Å². The normalized spacial score (nSPS) is 14.8. The fourth-order valence-corrected chi connectivity index (χ4v) is 7.15. The summed E-state index contributed by atoms with van der Waals surface area (Å²) in [5, 5.41) is 2.39. The lowest BCUT2D eigenvalue weighted by atomic mass is 10.2. The van der Waals surface area contributed by atoms with Crippen molar-refractivity contribution in [2.24, 2.45) is 0 Å². The number of nitrogens with zero attached hydrogens (tertiary/aromatic N) is 2. The minimum atomic E-state index is -4.71. The van der Waals surface area contributed by atoms with Crippen LogP contribution >= 0.6 is 0 Å². The molecule has 0 unspecified atom stereocenters. The van der Waals surface area contributed by atoms with Crippen molar-refractivity contribution < 1.29 is 44.3 Å². The molecule has 1 aliphatic rings. The second kappa shape index (κ2) is 12.7. The number of anilines is 2. The fraction of sp³-hybridized carbons (Fsp3) is 0.296. The number of ether oxygens (including phenoxy) is 2. The Morgan fingerprint density at radius 2 is 1.64 bits per heavy atom. The molecule has 226 valence electrons. The molecule has 0 atom stereocenters. The number of amides is 1. The molecule has 1 heterocycles. The van der Waals surface area contributed by atoms with Gasteiger partial charge in [-0.3, -0.25) is 9.10 Å². The summed E-state index contributed by atoms with van der Waals surface area (Å²) in [5.41, 5.74) is -0.115. The smallest absolute Gasteiger partial charge is 0.422 e. The molecule has 1 fully saturated rings. The van der Waals surface area contributed by atoms with Crippen molar-refractivity contribution in [2.45, 2.75) is 22.9 Å². The van der Waals surface area contributed by atoms with E-state index in [9.17, 15) is 34.8 Å². The van der Waals surface area contributed by atoms with Crippen LogP contribution in [0.3, 0.4) is 0 Å². The average Bonchev–Trinajstić information content (AvgIpc) is 2.97. The van der Waals surface area contributed by atoms with Crippen molar-refractivity contribution in [3.63, 3.8) is 0 Å². The van der Waals surface area contributed by atoms with Crippen molar-refractivity contribution in [1.29, 1.82) is 0 Å². The molecule has 0 saturated carbocycles. The first kappa shape index (κ1) is 31.3. The van der Waals surface area contributed by atoms with E-state index in [1.54, 1.807) is 37.3 Å². The summed E-state index contributed by atoms with van der Waals surface area (Å²) in [7, 11) is -8.17. The van der Waals surface area contributed by atoms with Crippen LogP contribution < -0.4 is 14.4 Å². The number of rotatable bonds is 10. The SMILES string of the molecule is CCN(c1ccccc1)S(=O)(=O)c1ccc(OCC(F)(F)F)c(NC(=O)c2cccc(S(=O)(=O)N3CCOCC3)c2)c1. The highest BCUT2D eigenvalue weighted by Crippen LogP contribution is 2.32. The van der Waals surface area contributed by atoms with Crippen LogP contribution in [0.4, 0.5) is 24.5 Å². The van der Waals surface area contributed by atoms with Crippen LogP contribution in [0.25, 0.3) is 0 Å². The molecule has 0 radical (unpaired) electrons. The average molecular weight is 628 g/mol. The number of para-hydroxylation sites is 1. The van der Waals surface area contributed by atoms with E-state index in [0.29, 0.717) is 5.69 Å². The fourth-order valence-electron chi connectivity index (χ4n) is 4.19. The van der Waals surface area contributed by atoms with Gasteiger partial charge in [0.1, 0.15) is 5.75 Å². The second-order valence-electron chi connectivity index (χ2n) is 9.07. The van der Waals surface area contributed by atoms with Crippen molar-refractivity contribution >= 4 is 37.3 Å². The minimum Gasteiger partial charge on any atom is -0.482 e. The molecule has 42 heavy (non-hydrogen) atoms. The number of morpholine rings is 1. The number of halogens is 3.